The summed E-state index contributed by atoms with van der Waals surface area (Å²) in [6.07, 6.45) is 0. The minimum atomic E-state index is -0.229. The number of H-pyrrole nitrogens is 1. The SMILES string of the molecule is COc1ccc(-n2c(CSCc3ccc(F)cc3)n[nH]c2=S)cc1OC. The van der Waals surface area contributed by atoms with E-state index in [1.165, 1.54) is 12.1 Å². The van der Waals surface area contributed by atoms with Crippen LogP contribution in [0.4, 0.5) is 4.39 Å². The molecular weight excluding hydrogens is 373 g/mol. The molecule has 0 atom stereocenters. The number of ether oxygens (including phenoxy) is 2. The Balaban J connectivity index is 1.78. The van der Waals surface area contributed by atoms with E-state index < -0.39 is 0 Å². The van der Waals surface area contributed by atoms with Crippen LogP contribution < -0.4 is 9.47 Å². The molecule has 1 aromatic heterocycles. The number of aromatic nitrogens is 3. The molecule has 0 aliphatic carbocycles. The largest absolute Gasteiger partial charge is 0.493 e. The Bertz CT molecular complexity index is 938. The number of aromatic amines is 1. The number of hydrogen-bond acceptors (Lipinski definition) is 5. The third-order valence-electron chi connectivity index (χ3n) is 3.78. The lowest BCUT2D eigenvalue weighted by molar-refractivity contribution is 0.355. The molecule has 3 rings (SSSR count). The van der Waals surface area contributed by atoms with Crippen molar-refractivity contribution in [3.05, 3.63) is 64.4 Å². The summed E-state index contributed by atoms with van der Waals surface area (Å²) in [4.78, 5) is 0. The van der Waals surface area contributed by atoms with Crippen LogP contribution in [-0.2, 0) is 11.5 Å². The highest BCUT2D eigenvalue weighted by Gasteiger charge is 2.12. The molecule has 5 nitrogen and oxygen atoms in total. The van der Waals surface area contributed by atoms with Gasteiger partial charge in [0, 0.05) is 11.8 Å². The topological polar surface area (TPSA) is 52.1 Å². The van der Waals surface area contributed by atoms with Crippen LogP contribution in [0, 0.1) is 10.6 Å². The lowest BCUT2D eigenvalue weighted by atomic mass is 10.2. The van der Waals surface area contributed by atoms with Gasteiger partial charge in [-0.25, -0.2) is 4.39 Å². The average Bonchev–Trinajstić information content (AvgIpc) is 3.03. The van der Waals surface area contributed by atoms with Gasteiger partial charge in [-0.05, 0) is 42.0 Å². The average molecular weight is 391 g/mol. The molecule has 0 bridgehead atoms. The maximum absolute atomic E-state index is 13.0. The van der Waals surface area contributed by atoms with Crippen LogP contribution in [0.2, 0.25) is 0 Å². The van der Waals surface area contributed by atoms with Crippen LogP contribution in [-0.4, -0.2) is 29.0 Å². The molecule has 0 saturated carbocycles. The minimum absolute atomic E-state index is 0.229. The smallest absolute Gasteiger partial charge is 0.199 e. The summed E-state index contributed by atoms with van der Waals surface area (Å²) >= 11 is 7.05. The van der Waals surface area contributed by atoms with Gasteiger partial charge in [0.2, 0.25) is 0 Å². The van der Waals surface area contributed by atoms with Gasteiger partial charge in [0.25, 0.3) is 0 Å². The van der Waals surface area contributed by atoms with E-state index in [-0.39, 0.29) is 5.82 Å². The number of nitrogens with zero attached hydrogens (tertiary/aromatic N) is 2. The maximum atomic E-state index is 13.0. The second-order valence-electron chi connectivity index (χ2n) is 5.44. The summed E-state index contributed by atoms with van der Waals surface area (Å²) in [5, 5.41) is 7.17. The minimum Gasteiger partial charge on any atom is -0.493 e. The number of rotatable bonds is 7. The number of methoxy groups -OCH3 is 2. The summed E-state index contributed by atoms with van der Waals surface area (Å²) in [6, 6.07) is 12.1. The third-order valence-corrected chi connectivity index (χ3v) is 5.05. The monoisotopic (exact) mass is 391 g/mol. The molecular formula is C18H18FN3O2S2. The Morgan fingerprint density at radius 1 is 1.08 bits per heavy atom. The molecule has 8 heteroatoms. The summed E-state index contributed by atoms with van der Waals surface area (Å²) in [5.41, 5.74) is 1.90. The van der Waals surface area contributed by atoms with Crippen LogP contribution in [0.5, 0.6) is 11.5 Å². The van der Waals surface area contributed by atoms with E-state index in [9.17, 15) is 4.39 Å². The van der Waals surface area contributed by atoms with Gasteiger partial charge in [0.15, 0.2) is 16.3 Å². The van der Waals surface area contributed by atoms with Gasteiger partial charge in [-0.1, -0.05) is 12.1 Å². The lowest BCUT2D eigenvalue weighted by Gasteiger charge is -2.11. The van der Waals surface area contributed by atoms with Crippen LogP contribution >= 0.6 is 24.0 Å². The number of halogens is 1. The van der Waals surface area contributed by atoms with Crippen molar-refractivity contribution in [3.8, 4) is 17.2 Å². The summed E-state index contributed by atoms with van der Waals surface area (Å²) in [5.74, 6) is 3.25. The normalized spacial score (nSPS) is 10.7. The molecule has 3 aromatic rings. The molecule has 1 N–H and O–H groups in total. The fourth-order valence-electron chi connectivity index (χ4n) is 2.50. The molecule has 0 aliphatic heterocycles. The Hall–Kier alpha value is -2.32. The number of thioether (sulfide) groups is 1. The molecule has 0 aliphatic rings. The van der Waals surface area contributed by atoms with Crippen LogP contribution in [0.3, 0.4) is 0 Å². The van der Waals surface area contributed by atoms with Crippen molar-refractivity contribution in [1.29, 1.82) is 0 Å². The predicted molar refractivity (Wildman–Crippen MR) is 103 cm³/mol. The highest BCUT2D eigenvalue weighted by molar-refractivity contribution is 7.97. The van der Waals surface area contributed by atoms with Crippen molar-refractivity contribution in [1.82, 2.24) is 14.8 Å². The maximum Gasteiger partial charge on any atom is 0.199 e. The fraction of sp³-hybridized carbons (Fsp3) is 0.222. The van der Waals surface area contributed by atoms with E-state index in [1.807, 2.05) is 22.8 Å². The van der Waals surface area contributed by atoms with E-state index >= 15 is 0 Å². The van der Waals surface area contributed by atoms with Gasteiger partial charge < -0.3 is 9.47 Å². The number of nitrogens with one attached hydrogen (secondary N) is 1. The van der Waals surface area contributed by atoms with Gasteiger partial charge in [0.1, 0.15) is 11.6 Å². The highest BCUT2D eigenvalue weighted by atomic mass is 32.2. The van der Waals surface area contributed by atoms with Crippen molar-refractivity contribution in [3.63, 3.8) is 0 Å². The van der Waals surface area contributed by atoms with E-state index in [1.54, 1.807) is 38.1 Å². The van der Waals surface area contributed by atoms with E-state index in [0.29, 0.717) is 22.0 Å². The number of hydrogen-bond donors (Lipinski definition) is 1. The molecule has 0 amide bonds. The summed E-state index contributed by atoms with van der Waals surface area (Å²) in [6.45, 7) is 0. The first-order valence-corrected chi connectivity index (χ1v) is 9.39. The first-order chi connectivity index (χ1) is 12.6. The van der Waals surface area contributed by atoms with Crippen molar-refractivity contribution in [2.24, 2.45) is 0 Å². The molecule has 1 heterocycles. The lowest BCUT2D eigenvalue weighted by Crippen LogP contribution is -2.02. The molecule has 2 aromatic carbocycles. The molecule has 0 radical (unpaired) electrons. The fourth-order valence-corrected chi connectivity index (χ4v) is 3.66. The molecule has 136 valence electrons. The highest BCUT2D eigenvalue weighted by Crippen LogP contribution is 2.30. The number of benzene rings is 2. The van der Waals surface area contributed by atoms with E-state index in [0.717, 1.165) is 22.8 Å². The second-order valence-corrected chi connectivity index (χ2v) is 6.81. The van der Waals surface area contributed by atoms with Gasteiger partial charge in [-0.2, -0.15) is 5.10 Å². The Labute approximate surface area is 160 Å². The molecule has 0 saturated heterocycles. The molecule has 0 unspecified atom stereocenters. The molecule has 0 spiro atoms. The van der Waals surface area contributed by atoms with E-state index in [2.05, 4.69) is 10.2 Å². The van der Waals surface area contributed by atoms with Crippen molar-refractivity contribution in [2.45, 2.75) is 11.5 Å². The van der Waals surface area contributed by atoms with Crippen LogP contribution in [0.1, 0.15) is 11.4 Å². The standard InChI is InChI=1S/C18H18FN3O2S2/c1-23-15-8-7-14(9-16(15)24-2)22-17(20-21-18(22)25)11-26-10-12-3-5-13(19)6-4-12/h3-9H,10-11H2,1-2H3,(H,21,25). The third kappa shape index (κ3) is 4.08. The van der Waals surface area contributed by atoms with Crippen molar-refractivity contribution >= 4 is 24.0 Å². The second kappa shape index (κ2) is 8.37. The van der Waals surface area contributed by atoms with Gasteiger partial charge in [-0.15, -0.1) is 11.8 Å². The van der Waals surface area contributed by atoms with Crippen molar-refractivity contribution in [2.75, 3.05) is 14.2 Å². The summed E-state index contributed by atoms with van der Waals surface area (Å²) < 4.78 is 26.0. The first kappa shape index (κ1) is 18.5. The van der Waals surface area contributed by atoms with Gasteiger partial charge in [0.05, 0.1) is 25.7 Å². The van der Waals surface area contributed by atoms with E-state index in [4.69, 9.17) is 21.7 Å². The first-order valence-electron chi connectivity index (χ1n) is 7.83. The molecule has 26 heavy (non-hydrogen) atoms. The zero-order valence-electron chi connectivity index (χ0n) is 14.4. The summed E-state index contributed by atoms with van der Waals surface area (Å²) in [7, 11) is 3.19. The zero-order chi connectivity index (χ0) is 18.5. The Morgan fingerprint density at radius 2 is 1.81 bits per heavy atom. The van der Waals surface area contributed by atoms with Crippen molar-refractivity contribution < 1.29 is 13.9 Å². The Morgan fingerprint density at radius 3 is 2.50 bits per heavy atom. The quantitative estimate of drug-likeness (QED) is 0.600. The van der Waals surface area contributed by atoms with Gasteiger partial charge in [-0.3, -0.25) is 9.67 Å². The van der Waals surface area contributed by atoms with Crippen LogP contribution in [0.25, 0.3) is 5.69 Å². The molecule has 0 fully saturated rings. The zero-order valence-corrected chi connectivity index (χ0v) is 16.0. The van der Waals surface area contributed by atoms with Gasteiger partial charge >= 0.3 is 0 Å². The van der Waals surface area contributed by atoms with Crippen LogP contribution in [0.15, 0.2) is 42.5 Å². The Kier molecular flexibility index (Phi) is 5.95. The predicted octanol–water partition coefficient (Wildman–Crippen LogP) is 4.52.